The zero-order chi connectivity index (χ0) is 13.8. The van der Waals surface area contributed by atoms with Crippen LogP contribution in [0.3, 0.4) is 0 Å². The van der Waals surface area contributed by atoms with Gasteiger partial charge in [-0.3, -0.25) is 0 Å². The molecule has 0 heterocycles. The Labute approximate surface area is 111 Å². The lowest BCUT2D eigenvalue weighted by molar-refractivity contribution is 0.0523. The highest BCUT2D eigenvalue weighted by Crippen LogP contribution is 2.12. The Balaban J connectivity index is 2.56. The minimum atomic E-state index is -0.566. The smallest absolute Gasteiger partial charge is 0.407 e. The van der Waals surface area contributed by atoms with Crippen molar-refractivity contribution in [3.8, 4) is 0 Å². The summed E-state index contributed by atoms with van der Waals surface area (Å²) in [6.45, 7) is 5.39. The van der Waals surface area contributed by atoms with E-state index in [-0.39, 0.29) is 18.2 Å². The monoisotopic (exact) mass is 273 g/mol. The number of alkyl carbamates (subject to hydrolysis) is 1. The number of alkyl halides is 1. The van der Waals surface area contributed by atoms with Gasteiger partial charge in [0, 0.05) is 18.0 Å². The molecule has 0 atom stereocenters. The Morgan fingerprint density at radius 3 is 2.61 bits per heavy atom. The number of hydrogen-bond donors (Lipinski definition) is 1. The Hall–Kier alpha value is -1.29. The summed E-state index contributed by atoms with van der Waals surface area (Å²) in [5.41, 5.74) is 0.537. The first-order chi connectivity index (χ1) is 8.31. The topological polar surface area (TPSA) is 38.3 Å². The molecule has 100 valence electrons. The van der Waals surface area contributed by atoms with Crippen molar-refractivity contribution < 1.29 is 13.9 Å². The lowest BCUT2D eigenvalue weighted by atomic mass is 10.1. The van der Waals surface area contributed by atoms with Crippen molar-refractivity contribution in [1.82, 2.24) is 5.32 Å². The van der Waals surface area contributed by atoms with Gasteiger partial charge in [-0.15, -0.1) is 11.6 Å². The number of ether oxygens (including phenoxy) is 1. The summed E-state index contributed by atoms with van der Waals surface area (Å²) < 4.78 is 18.6. The summed E-state index contributed by atoms with van der Waals surface area (Å²) >= 11 is 5.59. The van der Waals surface area contributed by atoms with Crippen molar-refractivity contribution in [1.29, 1.82) is 0 Å². The number of benzene rings is 1. The standard InChI is InChI=1S/C13H17ClFNO2/c1-13(2,3)18-12(17)16-8-10-5-4-9(7-14)6-11(10)15/h4-6H,7-8H2,1-3H3,(H,16,17). The van der Waals surface area contributed by atoms with Gasteiger partial charge < -0.3 is 10.1 Å². The van der Waals surface area contributed by atoms with Gasteiger partial charge in [-0.2, -0.15) is 0 Å². The maximum Gasteiger partial charge on any atom is 0.407 e. The predicted octanol–water partition coefficient (Wildman–Crippen LogP) is 3.59. The fraction of sp³-hybridized carbons (Fsp3) is 0.462. The fourth-order valence-corrected chi connectivity index (χ4v) is 1.47. The van der Waals surface area contributed by atoms with Crippen LogP contribution in [0, 0.1) is 5.82 Å². The fourth-order valence-electron chi connectivity index (χ4n) is 1.30. The molecule has 0 spiro atoms. The molecule has 0 aliphatic carbocycles. The third kappa shape index (κ3) is 4.92. The van der Waals surface area contributed by atoms with Crippen LogP contribution in [0.2, 0.25) is 0 Å². The Morgan fingerprint density at radius 2 is 2.11 bits per heavy atom. The minimum absolute atomic E-state index is 0.0866. The summed E-state index contributed by atoms with van der Waals surface area (Å²) in [7, 11) is 0. The molecule has 1 amide bonds. The molecule has 0 aliphatic heterocycles. The second-order valence-corrected chi connectivity index (χ2v) is 5.18. The molecule has 0 aliphatic rings. The molecular weight excluding hydrogens is 257 g/mol. The molecule has 3 nitrogen and oxygen atoms in total. The molecule has 18 heavy (non-hydrogen) atoms. The lowest BCUT2D eigenvalue weighted by Gasteiger charge is -2.19. The van der Waals surface area contributed by atoms with Gasteiger partial charge in [-0.25, -0.2) is 9.18 Å². The van der Waals surface area contributed by atoms with Crippen LogP contribution in [0.4, 0.5) is 9.18 Å². The van der Waals surface area contributed by atoms with Crippen LogP contribution in [0.5, 0.6) is 0 Å². The maximum atomic E-state index is 13.6. The van der Waals surface area contributed by atoms with Crippen molar-refractivity contribution in [3.05, 3.63) is 35.1 Å². The second-order valence-electron chi connectivity index (χ2n) is 4.91. The number of nitrogens with one attached hydrogen (secondary N) is 1. The van der Waals surface area contributed by atoms with E-state index in [9.17, 15) is 9.18 Å². The van der Waals surface area contributed by atoms with Gasteiger partial charge in [0.05, 0.1) is 0 Å². The first-order valence-electron chi connectivity index (χ1n) is 5.62. The quantitative estimate of drug-likeness (QED) is 0.855. The third-order valence-electron chi connectivity index (χ3n) is 2.09. The molecule has 0 fully saturated rings. The van der Waals surface area contributed by atoms with Crippen LogP contribution in [0.25, 0.3) is 0 Å². The van der Waals surface area contributed by atoms with Crippen molar-refractivity contribution in [2.24, 2.45) is 0 Å². The molecule has 1 N–H and O–H groups in total. The largest absolute Gasteiger partial charge is 0.444 e. The van der Waals surface area contributed by atoms with Crippen LogP contribution in [-0.4, -0.2) is 11.7 Å². The SMILES string of the molecule is CC(C)(C)OC(=O)NCc1ccc(CCl)cc1F. The van der Waals surface area contributed by atoms with Gasteiger partial charge >= 0.3 is 6.09 Å². The third-order valence-corrected chi connectivity index (χ3v) is 2.40. The zero-order valence-corrected chi connectivity index (χ0v) is 11.5. The van der Waals surface area contributed by atoms with E-state index in [4.69, 9.17) is 16.3 Å². The molecule has 0 aromatic heterocycles. The molecular formula is C13H17ClFNO2. The molecule has 0 radical (unpaired) electrons. The summed E-state index contributed by atoms with van der Waals surface area (Å²) in [5, 5.41) is 2.50. The van der Waals surface area contributed by atoms with Crippen LogP contribution in [0.15, 0.2) is 18.2 Å². The van der Waals surface area contributed by atoms with Gasteiger partial charge in [0.25, 0.3) is 0 Å². The second kappa shape index (κ2) is 6.05. The summed E-state index contributed by atoms with van der Waals surface area (Å²) in [6, 6.07) is 4.69. The highest BCUT2D eigenvalue weighted by Gasteiger charge is 2.16. The van der Waals surface area contributed by atoms with Crippen LogP contribution in [0.1, 0.15) is 31.9 Å². The number of hydrogen-bond acceptors (Lipinski definition) is 2. The number of carbonyl (C=O) groups excluding carboxylic acids is 1. The molecule has 1 aromatic rings. The molecule has 0 unspecified atom stereocenters. The number of rotatable bonds is 3. The molecule has 5 heteroatoms. The summed E-state index contributed by atoms with van der Waals surface area (Å²) in [5.74, 6) is -0.124. The Bertz CT molecular complexity index is 429. The van der Waals surface area contributed by atoms with E-state index in [1.54, 1.807) is 32.9 Å². The van der Waals surface area contributed by atoms with Gasteiger partial charge in [0.15, 0.2) is 0 Å². The van der Waals surface area contributed by atoms with Gasteiger partial charge in [0.2, 0.25) is 0 Å². The Kier molecular flexibility index (Phi) is 4.96. The zero-order valence-electron chi connectivity index (χ0n) is 10.7. The van der Waals surface area contributed by atoms with E-state index in [1.807, 2.05) is 0 Å². The van der Waals surface area contributed by atoms with Gasteiger partial charge in [-0.1, -0.05) is 12.1 Å². The van der Waals surface area contributed by atoms with E-state index >= 15 is 0 Å². The highest BCUT2D eigenvalue weighted by atomic mass is 35.5. The molecule has 1 rings (SSSR count). The summed E-state index contributed by atoms with van der Waals surface area (Å²) in [4.78, 5) is 11.4. The number of halogens is 2. The number of carbonyl (C=O) groups is 1. The molecule has 1 aromatic carbocycles. The first-order valence-corrected chi connectivity index (χ1v) is 6.15. The average molecular weight is 274 g/mol. The molecule has 0 bridgehead atoms. The van der Waals surface area contributed by atoms with Crippen molar-refractivity contribution in [2.45, 2.75) is 38.8 Å². The van der Waals surface area contributed by atoms with E-state index < -0.39 is 11.7 Å². The van der Waals surface area contributed by atoms with Gasteiger partial charge in [0.1, 0.15) is 11.4 Å². The van der Waals surface area contributed by atoms with Crippen molar-refractivity contribution in [2.75, 3.05) is 0 Å². The van der Waals surface area contributed by atoms with Crippen molar-refractivity contribution >= 4 is 17.7 Å². The van der Waals surface area contributed by atoms with Crippen LogP contribution < -0.4 is 5.32 Å². The average Bonchev–Trinajstić information content (AvgIpc) is 2.25. The van der Waals surface area contributed by atoms with Crippen LogP contribution in [-0.2, 0) is 17.2 Å². The van der Waals surface area contributed by atoms with Gasteiger partial charge in [-0.05, 0) is 32.4 Å². The lowest BCUT2D eigenvalue weighted by Crippen LogP contribution is -2.32. The first kappa shape index (κ1) is 14.8. The molecule has 0 saturated heterocycles. The summed E-state index contributed by atoms with van der Waals surface area (Å²) in [6.07, 6.45) is -0.566. The maximum absolute atomic E-state index is 13.6. The van der Waals surface area contributed by atoms with E-state index in [0.717, 1.165) is 0 Å². The predicted molar refractivity (Wildman–Crippen MR) is 69.0 cm³/mol. The van der Waals surface area contributed by atoms with Crippen LogP contribution >= 0.6 is 11.6 Å². The minimum Gasteiger partial charge on any atom is -0.444 e. The Morgan fingerprint density at radius 1 is 1.44 bits per heavy atom. The van der Waals surface area contributed by atoms with E-state index in [2.05, 4.69) is 5.32 Å². The number of amides is 1. The normalized spacial score (nSPS) is 11.2. The van der Waals surface area contributed by atoms with E-state index in [1.165, 1.54) is 6.07 Å². The van der Waals surface area contributed by atoms with Crippen molar-refractivity contribution in [3.63, 3.8) is 0 Å². The van der Waals surface area contributed by atoms with E-state index in [0.29, 0.717) is 11.1 Å². The highest BCUT2D eigenvalue weighted by molar-refractivity contribution is 6.17. The molecule has 0 saturated carbocycles.